The van der Waals surface area contributed by atoms with Crippen molar-refractivity contribution < 1.29 is 9.59 Å². The van der Waals surface area contributed by atoms with Crippen LogP contribution >= 0.6 is 11.6 Å². The first-order chi connectivity index (χ1) is 11.6. The van der Waals surface area contributed by atoms with Gasteiger partial charge in [-0.15, -0.1) is 0 Å². The Morgan fingerprint density at radius 2 is 1.96 bits per heavy atom. The molecule has 3 N–H and O–H groups in total. The molecule has 1 heterocycles. The van der Waals surface area contributed by atoms with Crippen LogP contribution in [0.5, 0.6) is 0 Å². The molecule has 2 amide bonds. The van der Waals surface area contributed by atoms with E-state index in [1.165, 1.54) is 0 Å². The molecule has 1 aliphatic heterocycles. The number of hydrogen-bond donors (Lipinski definition) is 2. The summed E-state index contributed by atoms with van der Waals surface area (Å²) in [7, 11) is 0. The van der Waals surface area contributed by atoms with Crippen molar-refractivity contribution in [3.05, 3.63) is 34.9 Å². The van der Waals surface area contributed by atoms with Crippen LogP contribution in [0.2, 0.25) is 5.02 Å². The average Bonchev–Trinajstić information content (AvgIpc) is 3.44. The van der Waals surface area contributed by atoms with Crippen LogP contribution < -0.4 is 11.1 Å². The minimum atomic E-state index is -0.150. The van der Waals surface area contributed by atoms with Gasteiger partial charge in [-0.1, -0.05) is 11.6 Å². The average molecular weight is 350 g/mol. The number of likely N-dealkylation sites (tertiary alicyclic amines) is 1. The van der Waals surface area contributed by atoms with Gasteiger partial charge in [-0.05, 0) is 55.9 Å². The highest BCUT2D eigenvalue weighted by Crippen LogP contribution is 2.32. The van der Waals surface area contributed by atoms with Crippen molar-refractivity contribution >= 4 is 23.4 Å². The fraction of sp³-hybridized carbons (Fsp3) is 0.556. The second-order valence-electron chi connectivity index (χ2n) is 6.79. The number of carbonyl (C=O) groups excluding carboxylic acids is 2. The van der Waals surface area contributed by atoms with E-state index in [-0.39, 0.29) is 23.8 Å². The van der Waals surface area contributed by atoms with E-state index in [9.17, 15) is 9.59 Å². The van der Waals surface area contributed by atoms with Crippen molar-refractivity contribution in [1.29, 1.82) is 0 Å². The Labute approximate surface area is 147 Å². The Bertz CT molecular complexity index is 601. The lowest BCUT2D eigenvalue weighted by molar-refractivity contribution is -0.127. The molecule has 24 heavy (non-hydrogen) atoms. The fourth-order valence-corrected chi connectivity index (χ4v) is 3.45. The number of rotatable bonds is 5. The number of carbonyl (C=O) groups is 2. The van der Waals surface area contributed by atoms with Gasteiger partial charge in [0.15, 0.2) is 0 Å². The van der Waals surface area contributed by atoms with E-state index >= 15 is 0 Å². The van der Waals surface area contributed by atoms with E-state index in [1.54, 1.807) is 29.2 Å². The molecule has 1 aliphatic carbocycles. The third-order valence-electron chi connectivity index (χ3n) is 4.94. The van der Waals surface area contributed by atoms with Crippen LogP contribution in [0.25, 0.3) is 0 Å². The smallest absolute Gasteiger partial charge is 0.253 e. The van der Waals surface area contributed by atoms with Crippen LogP contribution in [0.1, 0.15) is 36.0 Å². The molecule has 1 saturated carbocycles. The number of amides is 2. The number of nitrogens with two attached hydrogens (primary N) is 1. The summed E-state index contributed by atoms with van der Waals surface area (Å²) in [4.78, 5) is 26.9. The van der Waals surface area contributed by atoms with Crippen LogP contribution in [0.3, 0.4) is 0 Å². The normalized spacial score (nSPS) is 22.1. The zero-order valence-electron chi connectivity index (χ0n) is 13.7. The zero-order chi connectivity index (χ0) is 17.1. The van der Waals surface area contributed by atoms with Gasteiger partial charge >= 0.3 is 0 Å². The standard InChI is InChI=1S/C18H24ClN3O2/c19-15-7-5-13(6-8-15)18(24)22-9-1-2-14(11-22)17(23)21-16(10-20)12-3-4-12/h5-8,12,14,16H,1-4,9-11,20H2,(H,21,23). The number of hydrogen-bond acceptors (Lipinski definition) is 3. The Hall–Kier alpha value is -1.59. The van der Waals surface area contributed by atoms with E-state index < -0.39 is 0 Å². The lowest BCUT2D eigenvalue weighted by Crippen LogP contribution is -2.49. The van der Waals surface area contributed by atoms with E-state index in [0.717, 1.165) is 25.7 Å². The summed E-state index contributed by atoms with van der Waals surface area (Å²) in [5, 5.41) is 3.69. The molecule has 5 nitrogen and oxygen atoms in total. The molecule has 0 aromatic heterocycles. The monoisotopic (exact) mass is 349 g/mol. The number of benzene rings is 1. The van der Waals surface area contributed by atoms with Gasteiger partial charge in [-0.2, -0.15) is 0 Å². The molecular weight excluding hydrogens is 326 g/mol. The molecule has 0 bridgehead atoms. The minimum Gasteiger partial charge on any atom is -0.352 e. The van der Waals surface area contributed by atoms with Crippen LogP contribution in [0.4, 0.5) is 0 Å². The second kappa shape index (κ2) is 7.53. The van der Waals surface area contributed by atoms with Gasteiger partial charge in [0.25, 0.3) is 5.91 Å². The van der Waals surface area contributed by atoms with Crippen LogP contribution in [-0.4, -0.2) is 42.4 Å². The number of piperidine rings is 1. The molecule has 1 saturated heterocycles. The molecule has 2 aliphatic rings. The molecule has 6 heteroatoms. The van der Waals surface area contributed by atoms with Crippen LogP contribution in [0, 0.1) is 11.8 Å². The molecule has 0 radical (unpaired) electrons. The number of nitrogens with zero attached hydrogens (tertiary/aromatic N) is 1. The van der Waals surface area contributed by atoms with Gasteiger partial charge in [-0.3, -0.25) is 9.59 Å². The maximum atomic E-state index is 12.6. The summed E-state index contributed by atoms with van der Waals surface area (Å²) in [5.41, 5.74) is 6.37. The molecule has 2 atom stereocenters. The maximum Gasteiger partial charge on any atom is 0.253 e. The van der Waals surface area contributed by atoms with Crippen molar-refractivity contribution in [2.75, 3.05) is 19.6 Å². The summed E-state index contributed by atoms with van der Waals surface area (Å²) in [6, 6.07) is 6.96. The Kier molecular flexibility index (Phi) is 5.41. The van der Waals surface area contributed by atoms with Gasteiger partial charge in [-0.25, -0.2) is 0 Å². The highest BCUT2D eigenvalue weighted by molar-refractivity contribution is 6.30. The van der Waals surface area contributed by atoms with Gasteiger partial charge in [0.1, 0.15) is 0 Å². The van der Waals surface area contributed by atoms with Gasteiger partial charge in [0.2, 0.25) is 5.91 Å². The first-order valence-electron chi connectivity index (χ1n) is 8.63. The Balaban J connectivity index is 1.60. The van der Waals surface area contributed by atoms with E-state index in [4.69, 9.17) is 17.3 Å². The Morgan fingerprint density at radius 3 is 2.58 bits per heavy atom. The predicted molar refractivity (Wildman–Crippen MR) is 93.8 cm³/mol. The molecular formula is C18H24ClN3O2. The summed E-state index contributed by atoms with van der Waals surface area (Å²) in [6.45, 7) is 1.64. The molecule has 1 aromatic rings. The summed E-state index contributed by atoms with van der Waals surface area (Å²) in [6.07, 6.45) is 3.95. The Morgan fingerprint density at radius 1 is 1.25 bits per heavy atom. The van der Waals surface area contributed by atoms with Crippen LogP contribution in [0.15, 0.2) is 24.3 Å². The molecule has 0 spiro atoms. The van der Waals surface area contributed by atoms with Crippen molar-refractivity contribution in [1.82, 2.24) is 10.2 Å². The van der Waals surface area contributed by atoms with E-state index in [1.807, 2.05) is 0 Å². The molecule has 2 fully saturated rings. The third-order valence-corrected chi connectivity index (χ3v) is 5.20. The van der Waals surface area contributed by atoms with Gasteiger partial charge in [0.05, 0.1) is 5.92 Å². The van der Waals surface area contributed by atoms with Crippen LogP contribution in [-0.2, 0) is 4.79 Å². The van der Waals surface area contributed by atoms with Gasteiger partial charge < -0.3 is 16.0 Å². The number of halogens is 1. The zero-order valence-corrected chi connectivity index (χ0v) is 14.5. The van der Waals surface area contributed by atoms with E-state index in [2.05, 4.69) is 5.32 Å². The van der Waals surface area contributed by atoms with Crippen molar-refractivity contribution in [3.63, 3.8) is 0 Å². The lowest BCUT2D eigenvalue weighted by Gasteiger charge is -2.33. The van der Waals surface area contributed by atoms with Gasteiger partial charge in [0, 0.05) is 36.3 Å². The summed E-state index contributed by atoms with van der Waals surface area (Å²) >= 11 is 5.87. The molecule has 1 aromatic carbocycles. The van der Waals surface area contributed by atoms with Crippen molar-refractivity contribution in [2.24, 2.45) is 17.6 Å². The first-order valence-corrected chi connectivity index (χ1v) is 9.01. The lowest BCUT2D eigenvalue weighted by atomic mass is 9.96. The predicted octanol–water partition coefficient (Wildman–Crippen LogP) is 2.05. The molecule has 130 valence electrons. The first kappa shape index (κ1) is 17.2. The summed E-state index contributed by atoms with van der Waals surface area (Å²) in [5.74, 6) is 0.379. The highest BCUT2D eigenvalue weighted by Gasteiger charge is 2.34. The number of nitrogens with one attached hydrogen (secondary N) is 1. The largest absolute Gasteiger partial charge is 0.352 e. The second-order valence-corrected chi connectivity index (χ2v) is 7.22. The van der Waals surface area contributed by atoms with E-state index in [0.29, 0.717) is 36.1 Å². The molecule has 2 unspecified atom stereocenters. The topological polar surface area (TPSA) is 75.4 Å². The quantitative estimate of drug-likeness (QED) is 0.854. The maximum absolute atomic E-state index is 12.6. The van der Waals surface area contributed by atoms with Crippen molar-refractivity contribution in [2.45, 2.75) is 31.7 Å². The molecule has 3 rings (SSSR count). The SMILES string of the molecule is NCC(NC(=O)C1CCCN(C(=O)c2ccc(Cl)cc2)C1)C1CC1. The highest BCUT2D eigenvalue weighted by atomic mass is 35.5. The van der Waals surface area contributed by atoms with Crippen molar-refractivity contribution in [3.8, 4) is 0 Å². The third kappa shape index (κ3) is 4.08. The minimum absolute atomic E-state index is 0.0333. The summed E-state index contributed by atoms with van der Waals surface area (Å²) < 4.78 is 0. The fourth-order valence-electron chi connectivity index (χ4n) is 3.32.